The molecule has 1 N–H and O–H groups in total. The molecule has 1 heterocycles. The van der Waals surface area contributed by atoms with Gasteiger partial charge < -0.3 is 9.84 Å². The highest BCUT2D eigenvalue weighted by Crippen LogP contribution is 2.40. The van der Waals surface area contributed by atoms with Gasteiger partial charge in [0.1, 0.15) is 0 Å². The minimum atomic E-state index is -4.42. The van der Waals surface area contributed by atoms with Crippen LogP contribution >= 0.6 is 0 Å². The van der Waals surface area contributed by atoms with Crippen LogP contribution in [0.2, 0.25) is 0 Å². The van der Waals surface area contributed by atoms with E-state index in [9.17, 15) is 18.0 Å². The van der Waals surface area contributed by atoms with Crippen LogP contribution in [0.5, 0.6) is 0 Å². The molecule has 1 rings (SSSR count). The summed E-state index contributed by atoms with van der Waals surface area (Å²) in [6.45, 7) is 0.0391. The van der Waals surface area contributed by atoms with Crippen molar-refractivity contribution in [3.8, 4) is 0 Å². The summed E-state index contributed by atoms with van der Waals surface area (Å²) in [5, 5.41) is 8.44. The molecule has 0 aliphatic carbocycles. The molecule has 0 radical (unpaired) electrons. The second kappa shape index (κ2) is 4.58. The van der Waals surface area contributed by atoms with E-state index in [1.165, 1.54) is 4.90 Å². The predicted molar refractivity (Wildman–Crippen MR) is 49.1 cm³/mol. The zero-order chi connectivity index (χ0) is 12.4. The number of aliphatic carboxylic acids is 1. The van der Waals surface area contributed by atoms with Gasteiger partial charge in [0.25, 0.3) is 0 Å². The Hall–Kier alpha value is -0.820. The number of rotatable bonds is 4. The summed E-state index contributed by atoms with van der Waals surface area (Å²) in [6.07, 6.45) is -4.72. The maximum atomic E-state index is 12.7. The zero-order valence-electron chi connectivity index (χ0n) is 8.88. The lowest BCUT2D eigenvalue weighted by molar-refractivity contribution is -0.263. The molecule has 7 heteroatoms. The highest BCUT2D eigenvalue weighted by atomic mass is 19.4. The molecule has 1 aliphatic rings. The van der Waals surface area contributed by atoms with Gasteiger partial charge in [0.15, 0.2) is 5.60 Å². The summed E-state index contributed by atoms with van der Waals surface area (Å²) < 4.78 is 42.7. The van der Waals surface area contributed by atoms with E-state index in [2.05, 4.69) is 4.74 Å². The van der Waals surface area contributed by atoms with Crippen LogP contribution in [0.1, 0.15) is 12.8 Å². The average Bonchev–Trinajstić information content (AvgIpc) is 2.58. The number of halogens is 3. The molecule has 1 saturated heterocycles. The fourth-order valence-electron chi connectivity index (χ4n) is 1.82. The summed E-state index contributed by atoms with van der Waals surface area (Å²) in [4.78, 5) is 11.8. The normalized spacial score (nSPS) is 27.2. The third-order valence-corrected chi connectivity index (χ3v) is 2.86. The van der Waals surface area contributed by atoms with Gasteiger partial charge in [-0.25, -0.2) is 0 Å². The smallest absolute Gasteiger partial charge is 0.418 e. The molecule has 1 atom stereocenters. The van der Waals surface area contributed by atoms with E-state index in [4.69, 9.17) is 5.11 Å². The van der Waals surface area contributed by atoms with Crippen molar-refractivity contribution in [1.82, 2.24) is 4.90 Å². The SMILES string of the molecule is COC1(C(F)(F)F)CCN(CCC(=O)O)C1. The number of methoxy groups -OCH3 is 1. The number of alkyl halides is 3. The maximum absolute atomic E-state index is 12.7. The summed E-state index contributed by atoms with van der Waals surface area (Å²) in [5.41, 5.74) is -2.13. The highest BCUT2D eigenvalue weighted by Gasteiger charge is 2.58. The van der Waals surface area contributed by atoms with E-state index < -0.39 is 17.7 Å². The van der Waals surface area contributed by atoms with Gasteiger partial charge in [-0.2, -0.15) is 13.2 Å². The molecule has 4 nitrogen and oxygen atoms in total. The van der Waals surface area contributed by atoms with Crippen LogP contribution in [-0.4, -0.2) is 54.5 Å². The quantitative estimate of drug-likeness (QED) is 0.801. The fourth-order valence-corrected chi connectivity index (χ4v) is 1.82. The van der Waals surface area contributed by atoms with Crippen LogP contribution in [0.25, 0.3) is 0 Å². The van der Waals surface area contributed by atoms with Crippen LogP contribution in [0, 0.1) is 0 Å². The topological polar surface area (TPSA) is 49.8 Å². The largest absolute Gasteiger partial charge is 0.481 e. The van der Waals surface area contributed by atoms with Gasteiger partial charge in [-0.3, -0.25) is 9.69 Å². The Kier molecular flexibility index (Phi) is 3.80. The Labute approximate surface area is 91.0 Å². The van der Waals surface area contributed by atoms with Gasteiger partial charge in [-0.05, 0) is 6.42 Å². The van der Waals surface area contributed by atoms with Crippen LogP contribution < -0.4 is 0 Å². The molecule has 0 aromatic heterocycles. The van der Waals surface area contributed by atoms with E-state index in [0.717, 1.165) is 7.11 Å². The molecular weight excluding hydrogens is 227 g/mol. The lowest BCUT2D eigenvalue weighted by Crippen LogP contribution is -2.49. The van der Waals surface area contributed by atoms with Crippen molar-refractivity contribution in [3.63, 3.8) is 0 Å². The van der Waals surface area contributed by atoms with Crippen molar-refractivity contribution >= 4 is 5.97 Å². The highest BCUT2D eigenvalue weighted by molar-refractivity contribution is 5.66. The number of hydrogen-bond donors (Lipinski definition) is 1. The van der Waals surface area contributed by atoms with Crippen molar-refractivity contribution < 1.29 is 27.8 Å². The second-order valence-electron chi connectivity index (χ2n) is 3.87. The van der Waals surface area contributed by atoms with E-state index in [0.29, 0.717) is 0 Å². The van der Waals surface area contributed by atoms with Crippen LogP contribution in [0.15, 0.2) is 0 Å². The van der Waals surface area contributed by atoms with Crippen molar-refractivity contribution in [2.75, 3.05) is 26.7 Å². The number of carboxylic acid groups (broad SMARTS) is 1. The molecule has 16 heavy (non-hydrogen) atoms. The summed E-state index contributed by atoms with van der Waals surface area (Å²) in [5.74, 6) is -1.01. The molecule has 1 fully saturated rings. The first-order chi connectivity index (χ1) is 7.31. The van der Waals surface area contributed by atoms with Gasteiger partial charge in [0.05, 0.1) is 6.42 Å². The standard InChI is InChI=1S/C9H14F3NO3/c1-16-8(9(10,11)12)3-5-13(6-8)4-2-7(14)15/h2-6H2,1H3,(H,14,15). The Morgan fingerprint density at radius 1 is 1.56 bits per heavy atom. The van der Waals surface area contributed by atoms with E-state index in [1.54, 1.807) is 0 Å². The van der Waals surface area contributed by atoms with E-state index in [1.807, 2.05) is 0 Å². The number of nitrogens with zero attached hydrogens (tertiary/aromatic N) is 1. The molecule has 0 spiro atoms. The zero-order valence-corrected chi connectivity index (χ0v) is 8.88. The summed E-state index contributed by atoms with van der Waals surface area (Å²) >= 11 is 0. The molecule has 94 valence electrons. The first kappa shape index (κ1) is 13.2. The lowest BCUT2D eigenvalue weighted by Gasteiger charge is -2.30. The Morgan fingerprint density at radius 2 is 2.19 bits per heavy atom. The molecule has 1 unspecified atom stereocenters. The van der Waals surface area contributed by atoms with Gasteiger partial charge in [0, 0.05) is 26.7 Å². The first-order valence-electron chi connectivity index (χ1n) is 4.87. The van der Waals surface area contributed by atoms with Crippen LogP contribution in [0.4, 0.5) is 13.2 Å². The van der Waals surface area contributed by atoms with Crippen molar-refractivity contribution in [2.24, 2.45) is 0 Å². The molecule has 0 aromatic carbocycles. The van der Waals surface area contributed by atoms with Gasteiger partial charge in [0.2, 0.25) is 0 Å². The van der Waals surface area contributed by atoms with Gasteiger partial charge in [-0.15, -0.1) is 0 Å². The van der Waals surface area contributed by atoms with Crippen molar-refractivity contribution in [3.05, 3.63) is 0 Å². The third-order valence-electron chi connectivity index (χ3n) is 2.86. The van der Waals surface area contributed by atoms with Gasteiger partial charge >= 0.3 is 12.1 Å². The first-order valence-corrected chi connectivity index (χ1v) is 4.87. The summed E-state index contributed by atoms with van der Waals surface area (Å²) in [6, 6.07) is 0. The average molecular weight is 241 g/mol. The van der Waals surface area contributed by atoms with Crippen LogP contribution in [0.3, 0.4) is 0 Å². The number of carboxylic acids is 1. The van der Waals surface area contributed by atoms with Crippen molar-refractivity contribution in [1.29, 1.82) is 0 Å². The maximum Gasteiger partial charge on any atom is 0.418 e. The Morgan fingerprint density at radius 3 is 2.56 bits per heavy atom. The fraction of sp³-hybridized carbons (Fsp3) is 0.889. The van der Waals surface area contributed by atoms with E-state index in [-0.39, 0.29) is 32.5 Å². The molecule has 0 aromatic rings. The van der Waals surface area contributed by atoms with Crippen molar-refractivity contribution in [2.45, 2.75) is 24.6 Å². The third kappa shape index (κ3) is 2.65. The number of hydrogen-bond acceptors (Lipinski definition) is 3. The minimum absolute atomic E-state index is 0.122. The number of ether oxygens (including phenoxy) is 1. The molecular formula is C9H14F3NO3. The number of likely N-dealkylation sites (tertiary alicyclic amines) is 1. The monoisotopic (exact) mass is 241 g/mol. The predicted octanol–water partition coefficient (Wildman–Crippen LogP) is 1.11. The molecule has 0 amide bonds. The molecule has 0 bridgehead atoms. The van der Waals surface area contributed by atoms with E-state index >= 15 is 0 Å². The summed E-state index contributed by atoms with van der Waals surface area (Å²) in [7, 11) is 1.04. The Bertz CT molecular complexity index is 269. The lowest BCUT2D eigenvalue weighted by atomic mass is 10.0. The molecule has 1 aliphatic heterocycles. The second-order valence-corrected chi connectivity index (χ2v) is 3.87. The van der Waals surface area contributed by atoms with Gasteiger partial charge in [-0.1, -0.05) is 0 Å². The Balaban J connectivity index is 2.58. The number of carbonyl (C=O) groups is 1. The molecule has 0 saturated carbocycles. The van der Waals surface area contributed by atoms with Crippen LogP contribution in [-0.2, 0) is 9.53 Å². The minimum Gasteiger partial charge on any atom is -0.481 e.